The topological polar surface area (TPSA) is 73.3 Å². The fourth-order valence-electron chi connectivity index (χ4n) is 2.14. The Morgan fingerprint density at radius 2 is 2.14 bits per heavy atom. The van der Waals surface area contributed by atoms with Crippen molar-refractivity contribution >= 4 is 16.7 Å². The number of halogens is 3. The number of fused-ring (bicyclic) bond motifs is 1. The van der Waals surface area contributed by atoms with Gasteiger partial charge in [-0.15, -0.1) is 0 Å². The molecule has 2 rings (SSSR count). The Hall–Kier alpha value is -1.80. The van der Waals surface area contributed by atoms with Crippen LogP contribution in [0.3, 0.4) is 0 Å². The van der Waals surface area contributed by atoms with Crippen LogP contribution < -0.4 is 5.73 Å². The largest absolute Gasteiger partial charge is 0.449 e. The van der Waals surface area contributed by atoms with E-state index < -0.39 is 18.1 Å². The van der Waals surface area contributed by atoms with Crippen LogP contribution in [0.2, 0.25) is 0 Å². The van der Waals surface area contributed by atoms with Crippen molar-refractivity contribution in [3.05, 3.63) is 24.0 Å². The number of hydrogen-bond acceptors (Lipinski definition) is 4. The molecular weight excluding hydrogens is 287 g/mol. The molecule has 3 N–H and O–H groups in total. The second-order valence-electron chi connectivity index (χ2n) is 4.73. The summed E-state index contributed by atoms with van der Waals surface area (Å²) < 4.78 is 45.0. The van der Waals surface area contributed by atoms with E-state index >= 15 is 0 Å². The van der Waals surface area contributed by atoms with Gasteiger partial charge in [0.2, 0.25) is 5.82 Å². The highest BCUT2D eigenvalue weighted by Crippen LogP contribution is 2.32. The van der Waals surface area contributed by atoms with Crippen molar-refractivity contribution in [2.75, 3.05) is 19.5 Å². The molecule has 0 aliphatic carbocycles. The molecule has 1 heterocycles. The average Bonchev–Trinajstić information content (AvgIpc) is 2.74. The van der Waals surface area contributed by atoms with E-state index in [0.717, 1.165) is 4.57 Å². The lowest BCUT2D eigenvalue weighted by molar-refractivity contribution is -0.147. The summed E-state index contributed by atoms with van der Waals surface area (Å²) in [6, 6.07) is 4.41. The second-order valence-corrected chi connectivity index (χ2v) is 4.73. The molecule has 8 heteroatoms. The standard InChI is InChI=1S/C13H16F3N3O2/c1-21-7-9(20)4-5-19-11-3-2-8(17)6-10(11)18-12(19)13(14,15)16/h2-3,6,9,20H,4-5,7,17H2,1H3. The summed E-state index contributed by atoms with van der Waals surface area (Å²) in [6.45, 7) is 0.0563. The normalized spacial score (nSPS) is 13.8. The number of aryl methyl sites for hydroxylation is 1. The molecule has 1 unspecified atom stereocenters. The Labute approximate surface area is 119 Å². The van der Waals surface area contributed by atoms with E-state index in [0.29, 0.717) is 11.2 Å². The third kappa shape index (κ3) is 3.45. The first-order chi connectivity index (χ1) is 9.82. The Morgan fingerprint density at radius 3 is 2.76 bits per heavy atom. The predicted molar refractivity (Wildman–Crippen MR) is 71.6 cm³/mol. The molecule has 0 amide bonds. The molecule has 2 aromatic rings. The third-order valence-electron chi connectivity index (χ3n) is 3.07. The van der Waals surface area contributed by atoms with Gasteiger partial charge in [0, 0.05) is 19.3 Å². The zero-order valence-corrected chi connectivity index (χ0v) is 11.4. The minimum Gasteiger partial charge on any atom is -0.399 e. The maximum Gasteiger partial charge on any atom is 0.449 e. The molecule has 0 spiro atoms. The summed E-state index contributed by atoms with van der Waals surface area (Å²) in [5.74, 6) is -0.993. The molecule has 0 radical (unpaired) electrons. The summed E-state index contributed by atoms with van der Waals surface area (Å²) in [6.07, 6.45) is -5.27. The Kier molecular flexibility index (Phi) is 4.38. The minimum absolute atomic E-state index is 0.0141. The Morgan fingerprint density at radius 1 is 1.43 bits per heavy atom. The number of methoxy groups -OCH3 is 1. The van der Waals surface area contributed by atoms with E-state index in [9.17, 15) is 18.3 Å². The smallest absolute Gasteiger partial charge is 0.399 e. The van der Waals surface area contributed by atoms with Crippen molar-refractivity contribution in [1.82, 2.24) is 9.55 Å². The number of nitrogen functional groups attached to an aromatic ring is 1. The first-order valence-corrected chi connectivity index (χ1v) is 6.33. The first kappa shape index (κ1) is 15.6. The van der Waals surface area contributed by atoms with E-state index in [2.05, 4.69) is 4.98 Å². The molecular formula is C13H16F3N3O2. The van der Waals surface area contributed by atoms with Crippen molar-refractivity contribution < 1.29 is 23.0 Å². The van der Waals surface area contributed by atoms with Gasteiger partial charge in [-0.05, 0) is 24.6 Å². The number of nitrogens with two attached hydrogens (primary N) is 1. The summed E-state index contributed by atoms with van der Waals surface area (Å²) in [7, 11) is 1.42. The van der Waals surface area contributed by atoms with Gasteiger partial charge in [-0.3, -0.25) is 0 Å². The molecule has 1 aromatic heterocycles. The van der Waals surface area contributed by atoms with Gasteiger partial charge in [-0.1, -0.05) is 0 Å². The molecule has 1 atom stereocenters. The highest BCUT2D eigenvalue weighted by Gasteiger charge is 2.37. The molecule has 0 saturated carbocycles. The zero-order valence-electron chi connectivity index (χ0n) is 11.4. The first-order valence-electron chi connectivity index (χ1n) is 6.33. The van der Waals surface area contributed by atoms with E-state index in [1.807, 2.05) is 0 Å². The number of benzene rings is 1. The van der Waals surface area contributed by atoms with Crippen LogP contribution in [0.25, 0.3) is 11.0 Å². The van der Waals surface area contributed by atoms with Gasteiger partial charge in [0.1, 0.15) is 0 Å². The minimum atomic E-state index is -4.57. The molecule has 0 saturated heterocycles. The lowest BCUT2D eigenvalue weighted by Gasteiger charge is -2.14. The van der Waals surface area contributed by atoms with E-state index in [-0.39, 0.29) is 25.1 Å². The maximum absolute atomic E-state index is 13.1. The van der Waals surface area contributed by atoms with Crippen molar-refractivity contribution in [3.8, 4) is 0 Å². The number of hydrogen-bond donors (Lipinski definition) is 2. The summed E-state index contributed by atoms with van der Waals surface area (Å²) in [5, 5.41) is 9.60. The van der Waals surface area contributed by atoms with Crippen LogP contribution in [0.4, 0.5) is 18.9 Å². The van der Waals surface area contributed by atoms with Crippen molar-refractivity contribution in [2.24, 2.45) is 0 Å². The molecule has 21 heavy (non-hydrogen) atoms. The van der Waals surface area contributed by atoms with E-state index in [4.69, 9.17) is 10.5 Å². The van der Waals surface area contributed by atoms with Crippen molar-refractivity contribution in [3.63, 3.8) is 0 Å². The Balaban J connectivity index is 2.39. The number of rotatable bonds is 5. The van der Waals surface area contributed by atoms with Crippen LogP contribution in [0.5, 0.6) is 0 Å². The number of anilines is 1. The molecule has 1 aromatic carbocycles. The van der Waals surface area contributed by atoms with Crippen LogP contribution >= 0.6 is 0 Å². The molecule has 5 nitrogen and oxygen atoms in total. The molecule has 0 bridgehead atoms. The second kappa shape index (κ2) is 5.90. The van der Waals surface area contributed by atoms with Crippen molar-refractivity contribution in [2.45, 2.75) is 25.2 Å². The van der Waals surface area contributed by atoms with Gasteiger partial charge in [0.25, 0.3) is 0 Å². The van der Waals surface area contributed by atoms with E-state index in [1.165, 1.54) is 25.3 Å². The fourth-order valence-corrected chi connectivity index (χ4v) is 2.14. The van der Waals surface area contributed by atoms with Gasteiger partial charge >= 0.3 is 6.18 Å². The van der Waals surface area contributed by atoms with Gasteiger partial charge in [-0.2, -0.15) is 13.2 Å². The summed E-state index contributed by atoms with van der Waals surface area (Å²) in [5.41, 5.74) is 6.43. The molecule has 0 aliphatic heterocycles. The number of imidazole rings is 1. The van der Waals surface area contributed by atoms with Crippen LogP contribution in [0.1, 0.15) is 12.2 Å². The van der Waals surface area contributed by atoms with Gasteiger partial charge < -0.3 is 20.1 Å². The molecule has 116 valence electrons. The quantitative estimate of drug-likeness (QED) is 0.829. The number of aromatic nitrogens is 2. The van der Waals surface area contributed by atoms with Crippen molar-refractivity contribution in [1.29, 1.82) is 0 Å². The van der Waals surface area contributed by atoms with Crippen LogP contribution in [-0.2, 0) is 17.5 Å². The fraction of sp³-hybridized carbons (Fsp3) is 0.462. The summed E-state index contributed by atoms with van der Waals surface area (Å²) in [4.78, 5) is 3.61. The Bertz CT molecular complexity index is 625. The van der Waals surface area contributed by atoms with Gasteiger partial charge in [0.05, 0.1) is 23.7 Å². The highest BCUT2D eigenvalue weighted by atomic mass is 19.4. The maximum atomic E-state index is 13.1. The predicted octanol–water partition coefficient (Wildman–Crippen LogP) is 2.03. The number of nitrogens with zero attached hydrogens (tertiary/aromatic N) is 2. The zero-order chi connectivity index (χ0) is 15.6. The van der Waals surface area contributed by atoms with Crippen LogP contribution in [0.15, 0.2) is 18.2 Å². The van der Waals surface area contributed by atoms with Gasteiger partial charge in [-0.25, -0.2) is 4.98 Å². The number of ether oxygens (including phenoxy) is 1. The number of alkyl halides is 3. The highest BCUT2D eigenvalue weighted by molar-refractivity contribution is 5.79. The van der Waals surface area contributed by atoms with Crippen LogP contribution in [0, 0.1) is 0 Å². The van der Waals surface area contributed by atoms with E-state index in [1.54, 1.807) is 0 Å². The number of aliphatic hydroxyl groups excluding tert-OH is 1. The monoisotopic (exact) mass is 303 g/mol. The SMILES string of the molecule is COCC(O)CCn1c(C(F)(F)F)nc2cc(N)ccc21. The molecule has 0 fully saturated rings. The summed E-state index contributed by atoms with van der Waals surface area (Å²) >= 11 is 0. The van der Waals surface area contributed by atoms with Gasteiger partial charge in [0.15, 0.2) is 0 Å². The van der Waals surface area contributed by atoms with Crippen LogP contribution in [-0.4, -0.2) is 34.5 Å². The molecule has 0 aliphatic rings. The average molecular weight is 303 g/mol. The lowest BCUT2D eigenvalue weighted by Crippen LogP contribution is -2.20. The lowest BCUT2D eigenvalue weighted by atomic mass is 10.2. The number of aliphatic hydroxyl groups is 1. The third-order valence-corrected chi connectivity index (χ3v) is 3.07.